The van der Waals surface area contributed by atoms with Crippen molar-refractivity contribution < 1.29 is 28.2 Å². The Kier molecular flexibility index (Phi) is 6.39. The van der Waals surface area contributed by atoms with Crippen LogP contribution in [0.5, 0.6) is 5.75 Å². The van der Waals surface area contributed by atoms with Crippen molar-refractivity contribution >= 4 is 23.1 Å². The number of nitrogens with zero attached hydrogens (tertiary/aromatic N) is 2. The molecule has 3 aromatic rings. The van der Waals surface area contributed by atoms with Crippen molar-refractivity contribution in [3.8, 4) is 5.75 Å². The zero-order valence-corrected chi connectivity index (χ0v) is 19.7. The summed E-state index contributed by atoms with van der Waals surface area (Å²) in [7, 11) is 1.54. The molecule has 1 unspecified atom stereocenters. The summed E-state index contributed by atoms with van der Waals surface area (Å²) in [4.78, 5) is 31.3. The smallest absolute Gasteiger partial charge is 0.300 e. The molecule has 180 valence electrons. The summed E-state index contributed by atoms with van der Waals surface area (Å²) in [6.45, 7) is 5.65. The molecular weight excluding hydrogens is 454 g/mol. The third kappa shape index (κ3) is 4.16. The van der Waals surface area contributed by atoms with E-state index < -0.39 is 40.8 Å². The summed E-state index contributed by atoms with van der Waals surface area (Å²) in [5.41, 5.74) is 1.44. The second-order valence-electron chi connectivity index (χ2n) is 8.61. The molecule has 2 heterocycles. The van der Waals surface area contributed by atoms with Crippen molar-refractivity contribution in [3.05, 3.63) is 94.3 Å². The lowest BCUT2D eigenvalue weighted by atomic mass is 9.91. The van der Waals surface area contributed by atoms with Crippen LogP contribution in [0.3, 0.4) is 0 Å². The molecule has 0 saturated carbocycles. The molecule has 1 fully saturated rings. The van der Waals surface area contributed by atoms with E-state index in [-0.39, 0.29) is 11.5 Å². The molecule has 4 rings (SSSR count). The average Bonchev–Trinajstić information content (AvgIpc) is 3.10. The van der Waals surface area contributed by atoms with E-state index in [4.69, 9.17) is 4.74 Å². The fraction of sp³-hybridized carbons (Fsp3) is 0.222. The number of benzene rings is 2. The molecule has 1 aromatic heterocycles. The first kappa shape index (κ1) is 24.1. The number of aromatic nitrogens is 1. The van der Waals surface area contributed by atoms with Crippen LogP contribution >= 0.6 is 0 Å². The molecule has 1 aliphatic heterocycles. The van der Waals surface area contributed by atoms with Crippen LogP contribution in [0, 0.1) is 18.6 Å². The van der Waals surface area contributed by atoms with Gasteiger partial charge < -0.3 is 9.84 Å². The average molecular weight is 478 g/mol. The van der Waals surface area contributed by atoms with E-state index in [1.807, 2.05) is 13.8 Å². The Morgan fingerprint density at radius 2 is 1.89 bits per heavy atom. The molecule has 1 atom stereocenters. The number of methoxy groups -OCH3 is 1. The molecule has 6 nitrogen and oxygen atoms in total. The minimum Gasteiger partial charge on any atom is -0.507 e. The lowest BCUT2D eigenvalue weighted by Gasteiger charge is -2.25. The number of hydrogen-bond acceptors (Lipinski definition) is 5. The van der Waals surface area contributed by atoms with Crippen LogP contribution in [-0.4, -0.2) is 28.9 Å². The van der Waals surface area contributed by atoms with Gasteiger partial charge in [0, 0.05) is 24.0 Å². The number of halogens is 2. The van der Waals surface area contributed by atoms with Crippen LogP contribution in [0.1, 0.15) is 48.1 Å². The molecule has 0 radical (unpaired) electrons. The van der Waals surface area contributed by atoms with Gasteiger partial charge in [-0.3, -0.25) is 19.5 Å². The van der Waals surface area contributed by atoms with Crippen molar-refractivity contribution in [2.24, 2.45) is 0 Å². The van der Waals surface area contributed by atoms with Crippen LogP contribution in [0.15, 0.2) is 60.4 Å². The number of ketones is 1. The summed E-state index contributed by atoms with van der Waals surface area (Å²) in [6.07, 6.45) is 2.91. The maximum atomic E-state index is 14.8. The Balaban J connectivity index is 2.00. The largest absolute Gasteiger partial charge is 0.507 e. The molecule has 35 heavy (non-hydrogen) atoms. The van der Waals surface area contributed by atoms with Crippen LogP contribution in [0.2, 0.25) is 0 Å². The minimum atomic E-state index is -1.22. The second-order valence-corrected chi connectivity index (χ2v) is 8.61. The summed E-state index contributed by atoms with van der Waals surface area (Å²) in [5, 5.41) is 11.4. The van der Waals surface area contributed by atoms with E-state index in [2.05, 4.69) is 4.98 Å². The lowest BCUT2D eigenvalue weighted by Crippen LogP contribution is -2.30. The molecule has 0 bridgehead atoms. The highest BCUT2D eigenvalue weighted by Crippen LogP contribution is 2.44. The normalized spacial score (nSPS) is 17.3. The Morgan fingerprint density at radius 1 is 1.14 bits per heavy atom. The van der Waals surface area contributed by atoms with E-state index in [1.54, 1.807) is 38.3 Å². The van der Waals surface area contributed by atoms with E-state index in [9.17, 15) is 23.5 Å². The molecule has 1 amide bonds. The number of amides is 1. The third-order valence-corrected chi connectivity index (χ3v) is 6.07. The number of pyridine rings is 1. The van der Waals surface area contributed by atoms with Gasteiger partial charge in [-0.05, 0) is 59.9 Å². The Morgan fingerprint density at radius 3 is 2.51 bits per heavy atom. The maximum Gasteiger partial charge on any atom is 0.300 e. The van der Waals surface area contributed by atoms with Crippen molar-refractivity contribution in [1.82, 2.24) is 4.98 Å². The van der Waals surface area contributed by atoms with Crippen LogP contribution < -0.4 is 9.64 Å². The van der Waals surface area contributed by atoms with Crippen molar-refractivity contribution in [3.63, 3.8) is 0 Å². The van der Waals surface area contributed by atoms with Crippen LogP contribution in [0.4, 0.5) is 14.5 Å². The zero-order chi connectivity index (χ0) is 25.4. The van der Waals surface area contributed by atoms with Gasteiger partial charge in [0.25, 0.3) is 11.7 Å². The van der Waals surface area contributed by atoms with Crippen LogP contribution in [-0.2, 0) is 9.59 Å². The molecule has 0 aliphatic carbocycles. The van der Waals surface area contributed by atoms with Gasteiger partial charge in [-0.1, -0.05) is 19.9 Å². The highest BCUT2D eigenvalue weighted by Gasteiger charge is 2.48. The molecule has 1 saturated heterocycles. The van der Waals surface area contributed by atoms with E-state index >= 15 is 0 Å². The zero-order valence-electron chi connectivity index (χ0n) is 19.7. The predicted molar refractivity (Wildman–Crippen MR) is 127 cm³/mol. The highest BCUT2D eigenvalue weighted by atomic mass is 19.1. The quantitative estimate of drug-likeness (QED) is 0.301. The van der Waals surface area contributed by atoms with Crippen molar-refractivity contribution in [2.75, 3.05) is 12.0 Å². The van der Waals surface area contributed by atoms with Gasteiger partial charge in [0.2, 0.25) is 0 Å². The molecule has 1 N–H and O–H groups in total. The standard InChI is InChI=1S/C27H24F2N2O4/c1-14(2)18-12-19(15(3)10-22(18)35-4)25(32)23-24(16-6-5-9-30-13-16)31(27(34)26(23)33)21-11-17(28)7-8-20(21)29/h5-14,24,32H,1-4H3/b25-23+. The first-order valence-electron chi connectivity index (χ1n) is 11.0. The number of anilines is 1. The van der Waals surface area contributed by atoms with Gasteiger partial charge in [0.05, 0.1) is 24.4 Å². The van der Waals surface area contributed by atoms with E-state index in [0.29, 0.717) is 22.4 Å². The summed E-state index contributed by atoms with van der Waals surface area (Å²) >= 11 is 0. The SMILES string of the molecule is COc1cc(C)c(/C(O)=C2\C(=O)C(=O)N(c3cc(F)ccc3F)C2c2cccnc2)cc1C(C)C. The van der Waals surface area contributed by atoms with Gasteiger partial charge in [-0.15, -0.1) is 0 Å². The van der Waals surface area contributed by atoms with Gasteiger partial charge in [-0.2, -0.15) is 0 Å². The number of aryl methyl sites for hydroxylation is 1. The van der Waals surface area contributed by atoms with Gasteiger partial charge in [0.1, 0.15) is 23.1 Å². The number of ether oxygens (including phenoxy) is 1. The van der Waals surface area contributed by atoms with Gasteiger partial charge >= 0.3 is 0 Å². The summed E-state index contributed by atoms with van der Waals surface area (Å²) in [6, 6.07) is 8.07. The molecule has 0 spiro atoms. The van der Waals surface area contributed by atoms with E-state index in [1.165, 1.54) is 12.4 Å². The number of aliphatic hydroxyl groups excluding tert-OH is 1. The van der Waals surface area contributed by atoms with Crippen LogP contribution in [0.25, 0.3) is 5.76 Å². The first-order chi connectivity index (χ1) is 16.6. The fourth-order valence-corrected chi connectivity index (χ4v) is 4.33. The Labute approximate surface area is 201 Å². The monoisotopic (exact) mass is 478 g/mol. The molecular formula is C27H24F2N2O4. The Bertz CT molecular complexity index is 1350. The molecule has 2 aromatic carbocycles. The predicted octanol–water partition coefficient (Wildman–Crippen LogP) is 5.43. The number of carbonyl (C=O) groups excluding carboxylic acids is 2. The minimum absolute atomic E-state index is 0.0371. The third-order valence-electron chi connectivity index (χ3n) is 6.07. The summed E-state index contributed by atoms with van der Waals surface area (Å²) in [5.74, 6) is -3.51. The Hall–Kier alpha value is -4.07. The maximum absolute atomic E-state index is 14.8. The van der Waals surface area contributed by atoms with Gasteiger partial charge in [0.15, 0.2) is 0 Å². The highest BCUT2D eigenvalue weighted by molar-refractivity contribution is 6.51. The molecule has 8 heteroatoms. The number of rotatable bonds is 5. The first-order valence-corrected chi connectivity index (χ1v) is 11.0. The lowest BCUT2D eigenvalue weighted by molar-refractivity contribution is -0.132. The van der Waals surface area contributed by atoms with E-state index in [0.717, 1.165) is 28.7 Å². The second kappa shape index (κ2) is 9.29. The topological polar surface area (TPSA) is 79.7 Å². The fourth-order valence-electron chi connectivity index (χ4n) is 4.33. The number of aliphatic hydroxyl groups is 1. The number of Topliss-reactive ketones (excluding diaryl/α,β-unsaturated/α-hetero) is 1. The molecule has 1 aliphatic rings. The van der Waals surface area contributed by atoms with Crippen molar-refractivity contribution in [1.29, 1.82) is 0 Å². The number of carbonyl (C=O) groups is 2. The number of hydrogen-bond donors (Lipinski definition) is 1. The van der Waals surface area contributed by atoms with Gasteiger partial charge in [-0.25, -0.2) is 8.78 Å². The van der Waals surface area contributed by atoms with Crippen molar-refractivity contribution in [2.45, 2.75) is 32.7 Å². The summed E-state index contributed by atoms with van der Waals surface area (Å²) < 4.78 is 34.3.